The van der Waals surface area contributed by atoms with Crippen molar-refractivity contribution in [2.45, 2.75) is 20.8 Å². The molecule has 0 saturated heterocycles. The summed E-state index contributed by atoms with van der Waals surface area (Å²) in [6, 6.07) is 37.4. The van der Waals surface area contributed by atoms with Crippen LogP contribution in [-0.2, 0) is 0 Å². The summed E-state index contributed by atoms with van der Waals surface area (Å²) in [7, 11) is 0. The van der Waals surface area contributed by atoms with E-state index in [0.29, 0.717) is 5.56 Å². The molecule has 0 aliphatic heterocycles. The third-order valence-corrected chi connectivity index (χ3v) is 9.10. The van der Waals surface area contributed by atoms with Gasteiger partial charge in [0.15, 0.2) is 0 Å². The summed E-state index contributed by atoms with van der Waals surface area (Å²) in [4.78, 5) is 5.20. The Morgan fingerprint density at radius 2 is 1.05 bits per heavy atom. The Morgan fingerprint density at radius 3 is 1.70 bits per heavy atom. The number of pyridine rings is 1. The number of fused-ring (bicyclic) bond motifs is 13. The van der Waals surface area contributed by atoms with Crippen LogP contribution >= 0.6 is 0 Å². The van der Waals surface area contributed by atoms with Crippen LogP contribution in [0.5, 0.6) is 0 Å². The monoisotopic (exact) mass is 550 g/mol. The van der Waals surface area contributed by atoms with Gasteiger partial charge in [0.25, 0.3) is 0 Å². The van der Waals surface area contributed by atoms with Gasteiger partial charge in [0, 0.05) is 32.3 Å². The summed E-state index contributed by atoms with van der Waals surface area (Å²) in [5, 5.41) is 19.0. The van der Waals surface area contributed by atoms with Crippen molar-refractivity contribution >= 4 is 70.7 Å². The van der Waals surface area contributed by atoms with E-state index in [0.717, 1.165) is 54.9 Å². The van der Waals surface area contributed by atoms with Crippen molar-refractivity contribution in [3.05, 3.63) is 126 Å². The molecule has 4 aromatic heterocycles. The molecule has 5 aromatic carbocycles. The lowest BCUT2D eigenvalue weighted by atomic mass is 10.0. The van der Waals surface area contributed by atoms with Gasteiger partial charge in [-0.05, 0) is 90.7 Å². The van der Waals surface area contributed by atoms with Crippen molar-refractivity contribution in [3.8, 4) is 11.9 Å². The molecule has 43 heavy (non-hydrogen) atoms. The van der Waals surface area contributed by atoms with Gasteiger partial charge in [-0.15, -0.1) is 0 Å². The molecule has 0 amide bonds. The molecule has 9 aromatic rings. The minimum absolute atomic E-state index is 0.674. The lowest BCUT2D eigenvalue weighted by Gasteiger charge is -2.10. The first kappa shape index (κ1) is 24.0. The number of benzene rings is 5. The van der Waals surface area contributed by atoms with Crippen LogP contribution < -0.4 is 0 Å². The molecule has 4 nitrogen and oxygen atoms in total. The van der Waals surface area contributed by atoms with E-state index < -0.39 is 0 Å². The number of hydrogen-bond acceptors (Lipinski definition) is 2. The highest BCUT2D eigenvalue weighted by molar-refractivity contribution is 6.15. The Labute approximate surface area is 247 Å². The fourth-order valence-electron chi connectivity index (χ4n) is 7.06. The zero-order valence-electron chi connectivity index (χ0n) is 24.1. The number of aromatic nitrogens is 3. The van der Waals surface area contributed by atoms with E-state index in [1.54, 1.807) is 0 Å². The van der Waals surface area contributed by atoms with Gasteiger partial charge in [-0.2, -0.15) is 5.26 Å². The van der Waals surface area contributed by atoms with Crippen LogP contribution in [0, 0.1) is 32.1 Å². The second-order valence-corrected chi connectivity index (χ2v) is 11.9. The lowest BCUT2D eigenvalue weighted by molar-refractivity contribution is 1.08. The SMILES string of the molecule is Cc1ccc2c3ccc(C)cc3n(-c3cc4c5ccc(C#N)c(c5)c5ccc6c7ccc(C)cc7n(c4cn3)c6c5)c2c1. The number of aryl methyl sites for hydroxylation is 3. The summed E-state index contributed by atoms with van der Waals surface area (Å²) in [5.74, 6) is 0.871. The van der Waals surface area contributed by atoms with E-state index in [9.17, 15) is 5.26 Å². The van der Waals surface area contributed by atoms with Gasteiger partial charge >= 0.3 is 0 Å². The average molecular weight is 551 g/mol. The predicted octanol–water partition coefficient (Wildman–Crippen LogP) is 9.84. The Bertz CT molecular complexity index is 2660. The molecule has 0 spiro atoms. The molecule has 0 N–H and O–H groups in total. The Balaban J connectivity index is 1.53. The molecule has 9 rings (SSSR count). The van der Waals surface area contributed by atoms with Crippen molar-refractivity contribution in [1.82, 2.24) is 14.0 Å². The molecule has 0 aliphatic carbocycles. The van der Waals surface area contributed by atoms with Gasteiger partial charge in [0.2, 0.25) is 0 Å². The molecule has 4 heterocycles. The van der Waals surface area contributed by atoms with E-state index in [1.165, 1.54) is 38.2 Å². The van der Waals surface area contributed by atoms with Crippen molar-refractivity contribution in [2.75, 3.05) is 0 Å². The molecule has 202 valence electrons. The molecule has 0 aliphatic rings. The number of nitrogens with zero attached hydrogens (tertiary/aromatic N) is 4. The summed E-state index contributed by atoms with van der Waals surface area (Å²) in [6.07, 6.45) is 2.03. The Kier molecular flexibility index (Phi) is 4.71. The third kappa shape index (κ3) is 3.28. The van der Waals surface area contributed by atoms with Crippen LogP contribution in [0.15, 0.2) is 103 Å². The largest absolute Gasteiger partial charge is 0.307 e. The van der Waals surface area contributed by atoms with Crippen molar-refractivity contribution < 1.29 is 0 Å². The highest BCUT2D eigenvalue weighted by atomic mass is 15.1. The normalized spacial score (nSPS) is 12.0. The van der Waals surface area contributed by atoms with E-state index in [-0.39, 0.29) is 0 Å². The molecule has 0 radical (unpaired) electrons. The van der Waals surface area contributed by atoms with E-state index in [4.69, 9.17) is 4.98 Å². The molecular weight excluding hydrogens is 524 g/mol. The van der Waals surface area contributed by atoms with E-state index >= 15 is 0 Å². The third-order valence-electron chi connectivity index (χ3n) is 9.10. The molecule has 0 unspecified atom stereocenters. The van der Waals surface area contributed by atoms with E-state index in [1.807, 2.05) is 12.3 Å². The molecule has 4 bridgehead atoms. The zero-order chi connectivity index (χ0) is 29.0. The van der Waals surface area contributed by atoms with E-state index in [2.05, 4.69) is 127 Å². The van der Waals surface area contributed by atoms with Crippen LogP contribution in [0.2, 0.25) is 0 Å². The van der Waals surface area contributed by atoms with Gasteiger partial charge in [0.05, 0.1) is 45.4 Å². The van der Waals surface area contributed by atoms with Crippen LogP contribution in [0.3, 0.4) is 0 Å². The Morgan fingerprint density at radius 1 is 0.512 bits per heavy atom. The molecular formula is C39H26N4. The smallest absolute Gasteiger partial charge is 0.138 e. The van der Waals surface area contributed by atoms with Crippen molar-refractivity contribution in [3.63, 3.8) is 0 Å². The number of rotatable bonds is 1. The fraction of sp³-hybridized carbons (Fsp3) is 0.0769. The quantitative estimate of drug-likeness (QED) is 0.204. The van der Waals surface area contributed by atoms with Gasteiger partial charge in [-0.25, -0.2) is 4.98 Å². The zero-order valence-corrected chi connectivity index (χ0v) is 24.1. The topological polar surface area (TPSA) is 46.0 Å². The van der Waals surface area contributed by atoms with Crippen LogP contribution in [0.4, 0.5) is 0 Å². The minimum Gasteiger partial charge on any atom is -0.307 e. The lowest BCUT2D eigenvalue weighted by Crippen LogP contribution is -1.99. The summed E-state index contributed by atoms with van der Waals surface area (Å²) in [6.45, 7) is 6.42. The van der Waals surface area contributed by atoms with Crippen LogP contribution in [0.1, 0.15) is 22.3 Å². The summed E-state index contributed by atoms with van der Waals surface area (Å²) >= 11 is 0. The molecule has 0 atom stereocenters. The molecule has 4 heteroatoms. The predicted molar refractivity (Wildman–Crippen MR) is 178 cm³/mol. The van der Waals surface area contributed by atoms with Crippen molar-refractivity contribution in [1.29, 1.82) is 5.26 Å². The van der Waals surface area contributed by atoms with Gasteiger partial charge in [-0.1, -0.05) is 54.6 Å². The Hall–Kier alpha value is -5.66. The highest BCUT2D eigenvalue weighted by Gasteiger charge is 2.17. The summed E-state index contributed by atoms with van der Waals surface area (Å²) < 4.78 is 4.66. The minimum atomic E-state index is 0.674. The van der Waals surface area contributed by atoms with Crippen LogP contribution in [0.25, 0.3) is 76.5 Å². The van der Waals surface area contributed by atoms with Gasteiger partial charge < -0.3 is 4.40 Å². The second-order valence-electron chi connectivity index (χ2n) is 11.9. The number of nitriles is 1. The molecule has 0 saturated carbocycles. The number of hydrogen-bond donors (Lipinski definition) is 0. The summed E-state index contributed by atoms with van der Waals surface area (Å²) in [5.41, 5.74) is 9.89. The van der Waals surface area contributed by atoms with Crippen LogP contribution in [-0.4, -0.2) is 14.0 Å². The molecule has 0 fully saturated rings. The average Bonchev–Trinajstić information content (AvgIpc) is 3.51. The maximum atomic E-state index is 10.1. The second kappa shape index (κ2) is 8.44. The fourth-order valence-corrected chi connectivity index (χ4v) is 7.06. The van der Waals surface area contributed by atoms with Gasteiger partial charge in [-0.3, -0.25) is 4.57 Å². The highest BCUT2D eigenvalue weighted by Crippen LogP contribution is 2.37. The van der Waals surface area contributed by atoms with Crippen molar-refractivity contribution in [2.24, 2.45) is 0 Å². The van der Waals surface area contributed by atoms with Gasteiger partial charge in [0.1, 0.15) is 5.82 Å². The standard InChI is InChI=1S/C39H26N4/c1-22-4-10-28-31-13-9-26-18-37(31)42(34(28)14-22)38-21-41-39(19-33(38)25-7-8-27(20-40)32(26)17-25)43-35-15-23(2)5-11-29(35)30-12-6-24(3)16-36(30)43/h4-19,21H,1-3H3. The first-order valence-corrected chi connectivity index (χ1v) is 14.6. The maximum Gasteiger partial charge on any atom is 0.138 e. The first-order valence-electron chi connectivity index (χ1n) is 14.6. The first-order chi connectivity index (χ1) is 21.0. The maximum absolute atomic E-state index is 10.1.